The fourth-order valence-electron chi connectivity index (χ4n) is 1.90. The second-order valence-electron chi connectivity index (χ2n) is 5.12. The van der Waals surface area contributed by atoms with E-state index < -0.39 is 7.50 Å². The van der Waals surface area contributed by atoms with Crippen LogP contribution in [0.25, 0.3) is 0 Å². The first-order valence-electron chi connectivity index (χ1n) is 6.66. The van der Waals surface area contributed by atoms with Crippen molar-refractivity contribution < 1.29 is 9.32 Å². The normalized spacial score (nSPS) is 23.7. The first-order valence-corrected chi connectivity index (χ1v) is 10.5. The highest BCUT2D eigenvalue weighted by Crippen LogP contribution is 2.62. The van der Waals surface area contributed by atoms with Crippen molar-refractivity contribution in [1.29, 1.82) is 0 Å². The van der Waals surface area contributed by atoms with Crippen LogP contribution in [0.15, 0.2) is 0 Å². The van der Waals surface area contributed by atoms with Crippen LogP contribution < -0.4 is 5.73 Å². The Morgan fingerprint density at radius 1 is 1.47 bits per heavy atom. The van der Waals surface area contributed by atoms with Gasteiger partial charge in [0, 0.05) is 35.3 Å². The van der Waals surface area contributed by atoms with E-state index in [-0.39, 0.29) is 5.91 Å². The Hall–Kier alpha value is 0.520. The van der Waals surface area contributed by atoms with Gasteiger partial charge in [0.15, 0.2) is 7.50 Å². The predicted molar refractivity (Wildman–Crippen MR) is 87.5 cm³/mol. The largest absolute Gasteiger partial charge is 0.370 e. The Kier molecular flexibility index (Phi) is 8.07. The van der Waals surface area contributed by atoms with Crippen LogP contribution in [-0.2, 0) is 9.32 Å². The van der Waals surface area contributed by atoms with Crippen LogP contribution in [0.3, 0.4) is 0 Å². The van der Waals surface area contributed by atoms with Gasteiger partial charge in [0.2, 0.25) is 5.91 Å². The van der Waals surface area contributed by atoms with Crippen molar-refractivity contribution in [3.63, 3.8) is 0 Å². The van der Waals surface area contributed by atoms with E-state index in [4.69, 9.17) is 10.3 Å². The van der Waals surface area contributed by atoms with E-state index in [2.05, 4.69) is 32.4 Å². The molecule has 1 amide bonds. The number of nitrogens with two attached hydrogens (primary N) is 1. The summed E-state index contributed by atoms with van der Waals surface area (Å²) in [7, 11) is -0.515. The fourth-order valence-corrected chi connectivity index (χ4v) is 8.47. The predicted octanol–water partition coefficient (Wildman–Crippen LogP) is 3.07. The number of amides is 1. The minimum atomic E-state index is -0.515. The van der Waals surface area contributed by atoms with E-state index in [1.54, 1.807) is 11.8 Å². The van der Waals surface area contributed by atoms with Gasteiger partial charge < -0.3 is 10.3 Å². The number of rotatable bonds is 8. The van der Waals surface area contributed by atoms with Crippen LogP contribution in [0.1, 0.15) is 34.1 Å². The number of primary amides is 1. The molecule has 112 valence electrons. The lowest BCUT2D eigenvalue weighted by atomic mass is 10.3. The summed E-state index contributed by atoms with van der Waals surface area (Å²) >= 11 is 3.77. The van der Waals surface area contributed by atoms with Crippen LogP contribution in [0.2, 0.25) is 0 Å². The number of carbonyl (C=O) groups excluding carboxylic acids is 1. The standard InChI is InChI=1S/C12H25N2O2PS2/c1-9(2)14(10(3)4)17-16-7-11(19-17)8-18-6-5-12(13)15/h9-11H,5-8H2,1-4H3,(H2,13,15). The molecule has 1 fully saturated rings. The third-order valence-corrected chi connectivity index (χ3v) is 8.76. The Morgan fingerprint density at radius 2 is 2.11 bits per heavy atom. The maximum atomic E-state index is 10.7. The van der Waals surface area contributed by atoms with Crippen molar-refractivity contribution in [2.45, 2.75) is 51.4 Å². The van der Waals surface area contributed by atoms with Gasteiger partial charge in [-0.15, -0.1) is 0 Å². The van der Waals surface area contributed by atoms with Crippen LogP contribution in [0.5, 0.6) is 0 Å². The van der Waals surface area contributed by atoms with Gasteiger partial charge in [0.1, 0.15) is 0 Å². The minimum Gasteiger partial charge on any atom is -0.370 e. The lowest BCUT2D eigenvalue weighted by Crippen LogP contribution is -2.31. The van der Waals surface area contributed by atoms with Crippen molar-refractivity contribution in [3.05, 3.63) is 0 Å². The number of thioether (sulfide) groups is 1. The fraction of sp³-hybridized carbons (Fsp3) is 0.917. The molecule has 2 atom stereocenters. The molecular weight excluding hydrogens is 299 g/mol. The number of nitrogens with zero attached hydrogens (tertiary/aromatic N) is 1. The summed E-state index contributed by atoms with van der Waals surface area (Å²) < 4.78 is 8.44. The first kappa shape index (κ1) is 17.6. The average Bonchev–Trinajstić information content (AvgIpc) is 2.71. The van der Waals surface area contributed by atoms with Gasteiger partial charge in [-0.1, -0.05) is 11.4 Å². The molecule has 1 aliphatic heterocycles. The van der Waals surface area contributed by atoms with Crippen molar-refractivity contribution in [1.82, 2.24) is 4.67 Å². The van der Waals surface area contributed by atoms with Crippen molar-refractivity contribution >= 4 is 36.6 Å². The molecule has 0 aliphatic carbocycles. The molecule has 1 saturated heterocycles. The molecule has 0 aromatic rings. The molecule has 1 aliphatic rings. The van der Waals surface area contributed by atoms with E-state index in [1.165, 1.54) is 0 Å². The van der Waals surface area contributed by atoms with Crippen LogP contribution in [-0.4, -0.2) is 46.0 Å². The zero-order valence-corrected chi connectivity index (χ0v) is 14.7. The monoisotopic (exact) mass is 324 g/mol. The van der Waals surface area contributed by atoms with Gasteiger partial charge in [-0.05, 0) is 27.7 Å². The molecule has 0 saturated carbocycles. The van der Waals surface area contributed by atoms with Gasteiger partial charge in [-0.2, -0.15) is 11.8 Å². The summed E-state index contributed by atoms with van der Waals surface area (Å²) in [6.07, 6.45) is 0.474. The van der Waals surface area contributed by atoms with Gasteiger partial charge in [0.25, 0.3) is 0 Å². The molecular formula is C12H25N2O2PS2. The second kappa shape index (κ2) is 8.73. The molecule has 7 heteroatoms. The Balaban J connectivity index is 2.30. The third kappa shape index (κ3) is 6.21. The highest BCUT2D eigenvalue weighted by molar-refractivity contribution is 8.54. The average molecular weight is 324 g/mol. The molecule has 0 spiro atoms. The number of hydrogen-bond donors (Lipinski definition) is 1. The molecule has 1 rings (SSSR count). The van der Waals surface area contributed by atoms with Gasteiger partial charge >= 0.3 is 0 Å². The summed E-state index contributed by atoms with van der Waals surface area (Å²) in [6.45, 7) is 9.72. The lowest BCUT2D eigenvalue weighted by Gasteiger charge is -2.33. The summed E-state index contributed by atoms with van der Waals surface area (Å²) in [5, 5.41) is 0.545. The topological polar surface area (TPSA) is 55.6 Å². The summed E-state index contributed by atoms with van der Waals surface area (Å²) in [5.74, 6) is 1.65. The molecule has 0 bridgehead atoms. The van der Waals surface area contributed by atoms with Crippen LogP contribution in [0, 0.1) is 0 Å². The summed E-state index contributed by atoms with van der Waals surface area (Å²) in [5.41, 5.74) is 5.13. The molecule has 1 heterocycles. The van der Waals surface area contributed by atoms with E-state index in [1.807, 2.05) is 11.4 Å². The van der Waals surface area contributed by atoms with Crippen molar-refractivity contribution in [2.24, 2.45) is 5.73 Å². The molecule has 0 aromatic carbocycles. The minimum absolute atomic E-state index is 0.212. The van der Waals surface area contributed by atoms with Gasteiger partial charge in [-0.3, -0.25) is 4.79 Å². The Labute approximate surface area is 126 Å². The summed E-state index contributed by atoms with van der Waals surface area (Å²) in [4.78, 5) is 10.7. The lowest BCUT2D eigenvalue weighted by molar-refractivity contribution is -0.117. The Morgan fingerprint density at radius 3 is 2.63 bits per heavy atom. The molecule has 0 radical (unpaired) electrons. The first-order chi connectivity index (χ1) is 8.91. The van der Waals surface area contributed by atoms with E-state index in [9.17, 15) is 4.79 Å². The molecule has 19 heavy (non-hydrogen) atoms. The molecule has 0 aromatic heterocycles. The smallest absolute Gasteiger partial charge is 0.218 e. The second-order valence-corrected chi connectivity index (χ2v) is 9.91. The number of hydrogen-bond acceptors (Lipinski definition) is 5. The van der Waals surface area contributed by atoms with Crippen LogP contribution >= 0.6 is 30.6 Å². The van der Waals surface area contributed by atoms with Crippen molar-refractivity contribution in [3.8, 4) is 0 Å². The maximum Gasteiger partial charge on any atom is 0.218 e. The number of carbonyl (C=O) groups is 1. The highest BCUT2D eigenvalue weighted by atomic mass is 32.7. The van der Waals surface area contributed by atoms with E-state index in [0.717, 1.165) is 18.1 Å². The third-order valence-electron chi connectivity index (χ3n) is 2.65. The molecule has 2 unspecified atom stereocenters. The quantitative estimate of drug-likeness (QED) is 0.549. The van der Waals surface area contributed by atoms with Crippen molar-refractivity contribution in [2.75, 3.05) is 18.1 Å². The Bertz CT molecular complexity index is 285. The molecule has 4 nitrogen and oxygen atoms in total. The van der Waals surface area contributed by atoms with Gasteiger partial charge in [-0.25, -0.2) is 4.67 Å². The molecule has 2 N–H and O–H groups in total. The van der Waals surface area contributed by atoms with Gasteiger partial charge in [0.05, 0.1) is 6.61 Å². The SMILES string of the molecule is CC(C)N(C(C)C)P1OCC(CSCCC(N)=O)S1. The maximum absolute atomic E-state index is 10.7. The van der Waals surface area contributed by atoms with E-state index in [0.29, 0.717) is 23.8 Å². The highest BCUT2D eigenvalue weighted by Gasteiger charge is 2.34. The zero-order valence-electron chi connectivity index (χ0n) is 12.2. The van der Waals surface area contributed by atoms with E-state index >= 15 is 0 Å². The summed E-state index contributed by atoms with van der Waals surface area (Å²) in [6, 6.07) is 1.03. The zero-order chi connectivity index (χ0) is 14.4. The van der Waals surface area contributed by atoms with Crippen LogP contribution in [0.4, 0.5) is 0 Å².